The number of methoxy groups -OCH3 is 1. The maximum absolute atomic E-state index is 10.4. The average Bonchev–Trinajstić information content (AvgIpc) is 3.06. The van der Waals surface area contributed by atoms with Gasteiger partial charge in [0.2, 0.25) is 0 Å². The summed E-state index contributed by atoms with van der Waals surface area (Å²) >= 11 is 0. The molecule has 6 nitrogen and oxygen atoms in total. The van der Waals surface area contributed by atoms with Gasteiger partial charge in [0.05, 0.1) is 24.8 Å². The molecule has 4 rings (SSSR count). The summed E-state index contributed by atoms with van der Waals surface area (Å²) in [5, 5.41) is 14.6. The van der Waals surface area contributed by atoms with Crippen LogP contribution >= 0.6 is 0 Å². The van der Waals surface area contributed by atoms with Crippen LogP contribution in [-0.4, -0.2) is 42.5 Å². The summed E-state index contributed by atoms with van der Waals surface area (Å²) in [4.78, 5) is 2.14. The summed E-state index contributed by atoms with van der Waals surface area (Å²) in [5.74, 6) is 2.36. The van der Waals surface area contributed by atoms with Crippen LogP contribution in [0.4, 0.5) is 0 Å². The molecule has 0 amide bonds. The van der Waals surface area contributed by atoms with Crippen LogP contribution in [0, 0.1) is 11.3 Å². The summed E-state index contributed by atoms with van der Waals surface area (Å²) in [6.07, 6.45) is 2.68. The molecule has 4 atom stereocenters. The Balaban J connectivity index is 1.70. The van der Waals surface area contributed by atoms with Crippen LogP contribution in [0.5, 0.6) is 5.88 Å². The third-order valence-corrected chi connectivity index (χ3v) is 6.19. The van der Waals surface area contributed by atoms with E-state index in [0.29, 0.717) is 25.3 Å². The molecule has 150 valence electrons. The predicted octanol–water partition coefficient (Wildman–Crippen LogP) is 3.33. The molecule has 1 N–H and O–H groups in total. The van der Waals surface area contributed by atoms with Gasteiger partial charge in [-0.2, -0.15) is 0 Å². The van der Waals surface area contributed by atoms with Crippen LogP contribution < -0.4 is 4.74 Å². The lowest BCUT2D eigenvalue weighted by atomic mass is 9.59. The van der Waals surface area contributed by atoms with Crippen molar-refractivity contribution in [2.24, 2.45) is 11.3 Å². The van der Waals surface area contributed by atoms with Gasteiger partial charge >= 0.3 is 0 Å². The minimum absolute atomic E-state index is 0.0103. The van der Waals surface area contributed by atoms with Gasteiger partial charge in [0.25, 0.3) is 5.88 Å². The van der Waals surface area contributed by atoms with E-state index in [-0.39, 0.29) is 17.4 Å². The number of hydrogen-bond donors (Lipinski definition) is 1. The smallest absolute Gasteiger partial charge is 0.258 e. The van der Waals surface area contributed by atoms with Crippen molar-refractivity contribution in [1.82, 2.24) is 10.1 Å². The van der Waals surface area contributed by atoms with Crippen molar-refractivity contribution < 1.29 is 19.1 Å². The number of hydrogen-bond acceptors (Lipinski definition) is 6. The highest BCUT2D eigenvalue weighted by molar-refractivity contribution is 5.39. The molecule has 1 aromatic carbocycles. The Bertz CT molecular complexity index is 861. The second-order valence-electron chi connectivity index (χ2n) is 8.25. The molecule has 0 fully saturated rings. The first-order valence-electron chi connectivity index (χ1n) is 9.70. The zero-order valence-electron chi connectivity index (χ0n) is 16.9. The molecule has 0 radical (unpaired) electrons. The zero-order valence-corrected chi connectivity index (χ0v) is 16.9. The topological polar surface area (TPSA) is 68.0 Å². The molecule has 0 spiro atoms. The zero-order chi connectivity index (χ0) is 19.9. The van der Waals surface area contributed by atoms with E-state index in [1.54, 1.807) is 7.11 Å². The number of nitrogens with zero attached hydrogens (tertiary/aromatic N) is 2. The van der Waals surface area contributed by atoms with Gasteiger partial charge in [0.15, 0.2) is 5.76 Å². The molecule has 6 heteroatoms. The molecule has 0 bridgehead atoms. The summed E-state index contributed by atoms with van der Waals surface area (Å²) in [6, 6.07) is 10.0. The van der Waals surface area contributed by atoms with Gasteiger partial charge in [0.1, 0.15) is 12.4 Å². The third kappa shape index (κ3) is 3.10. The van der Waals surface area contributed by atoms with Crippen LogP contribution in [0.3, 0.4) is 0 Å². The number of aliphatic hydroxyl groups is 1. The number of aliphatic hydroxyl groups excluding tert-OH is 1. The largest absolute Gasteiger partial charge is 0.501 e. The highest BCUT2D eigenvalue weighted by atomic mass is 16.5. The monoisotopic (exact) mass is 384 g/mol. The Kier molecular flexibility index (Phi) is 4.93. The number of aromatic nitrogens is 1. The standard InChI is InChI=1S/C22H28N2O4/c1-22-12-16-20(28-23-21(16)27-13-14-8-6-5-7-9-14)19(24(2)3)17(22)10-15(25)11-18(22)26-4/h5-9,11,15,17,19,25H,10,12-13H2,1-4H3/t15?,17-,19-,22?/m0/s1. The van der Waals surface area contributed by atoms with E-state index in [0.717, 1.165) is 22.6 Å². The van der Waals surface area contributed by atoms with Gasteiger partial charge in [-0.3, -0.25) is 4.90 Å². The van der Waals surface area contributed by atoms with E-state index in [4.69, 9.17) is 14.0 Å². The SMILES string of the molecule is COC1=CC(O)C[C@H]2[C@H](N(C)C)c3onc(OCc4ccccc4)c3CC12C. The number of allylic oxidation sites excluding steroid dienone is 1. The minimum atomic E-state index is -0.520. The van der Waals surface area contributed by atoms with E-state index in [2.05, 4.69) is 17.0 Å². The quantitative estimate of drug-likeness (QED) is 0.853. The number of rotatable bonds is 5. The van der Waals surface area contributed by atoms with E-state index < -0.39 is 6.10 Å². The second-order valence-corrected chi connectivity index (χ2v) is 8.25. The molecule has 2 aromatic rings. The fourth-order valence-electron chi connectivity index (χ4n) is 4.82. The van der Waals surface area contributed by atoms with E-state index >= 15 is 0 Å². The fraction of sp³-hybridized carbons (Fsp3) is 0.500. The van der Waals surface area contributed by atoms with Crippen molar-refractivity contribution in [2.75, 3.05) is 21.2 Å². The van der Waals surface area contributed by atoms with Crippen LogP contribution in [0.1, 0.15) is 36.3 Å². The fourth-order valence-corrected chi connectivity index (χ4v) is 4.82. The summed E-state index contributed by atoms with van der Waals surface area (Å²) < 4.78 is 17.5. The summed E-state index contributed by atoms with van der Waals surface area (Å²) in [6.45, 7) is 2.64. The van der Waals surface area contributed by atoms with Gasteiger partial charge in [0, 0.05) is 5.41 Å². The average molecular weight is 384 g/mol. The summed E-state index contributed by atoms with van der Waals surface area (Å²) in [7, 11) is 5.74. The Morgan fingerprint density at radius 2 is 2.04 bits per heavy atom. The lowest BCUT2D eigenvalue weighted by molar-refractivity contribution is -0.00818. The van der Waals surface area contributed by atoms with Crippen molar-refractivity contribution in [2.45, 2.75) is 38.5 Å². The van der Waals surface area contributed by atoms with Crippen molar-refractivity contribution in [3.8, 4) is 5.88 Å². The number of ether oxygens (including phenoxy) is 2. The van der Waals surface area contributed by atoms with Crippen LogP contribution in [0.2, 0.25) is 0 Å². The van der Waals surface area contributed by atoms with Gasteiger partial charge in [-0.15, -0.1) is 0 Å². The predicted molar refractivity (Wildman–Crippen MR) is 105 cm³/mol. The van der Waals surface area contributed by atoms with Gasteiger partial charge in [-0.05, 0) is 49.7 Å². The Morgan fingerprint density at radius 1 is 1.29 bits per heavy atom. The molecule has 1 aromatic heterocycles. The van der Waals surface area contributed by atoms with Crippen LogP contribution in [0.25, 0.3) is 0 Å². The molecular weight excluding hydrogens is 356 g/mol. The maximum Gasteiger partial charge on any atom is 0.258 e. The first-order chi connectivity index (χ1) is 13.4. The van der Waals surface area contributed by atoms with Gasteiger partial charge in [-0.25, -0.2) is 0 Å². The van der Waals surface area contributed by atoms with E-state index in [1.165, 1.54) is 0 Å². The lowest BCUT2D eigenvalue weighted by Crippen LogP contribution is -2.48. The molecule has 2 unspecified atom stereocenters. The van der Waals surface area contributed by atoms with E-state index in [9.17, 15) is 5.11 Å². The first kappa shape index (κ1) is 19.0. The van der Waals surface area contributed by atoms with E-state index in [1.807, 2.05) is 50.5 Å². The van der Waals surface area contributed by atoms with Crippen molar-refractivity contribution in [3.63, 3.8) is 0 Å². The molecule has 0 saturated carbocycles. The molecule has 0 aliphatic heterocycles. The molecule has 2 aliphatic carbocycles. The third-order valence-electron chi connectivity index (χ3n) is 6.19. The van der Waals surface area contributed by atoms with Crippen molar-refractivity contribution in [3.05, 3.63) is 59.1 Å². The molecule has 2 aliphatic rings. The maximum atomic E-state index is 10.4. The second kappa shape index (κ2) is 7.26. The number of fused-ring (bicyclic) bond motifs is 2. The Morgan fingerprint density at radius 3 is 2.71 bits per heavy atom. The lowest BCUT2D eigenvalue weighted by Gasteiger charge is -2.50. The number of benzene rings is 1. The molecule has 0 saturated heterocycles. The summed E-state index contributed by atoms with van der Waals surface area (Å²) in [5.41, 5.74) is 1.82. The van der Waals surface area contributed by atoms with Crippen molar-refractivity contribution in [1.29, 1.82) is 0 Å². The highest BCUT2D eigenvalue weighted by Crippen LogP contribution is 2.57. The minimum Gasteiger partial charge on any atom is -0.501 e. The molecule has 1 heterocycles. The van der Waals surface area contributed by atoms with Crippen LogP contribution in [0.15, 0.2) is 46.7 Å². The Labute approximate surface area is 165 Å². The highest BCUT2D eigenvalue weighted by Gasteiger charge is 2.54. The molecule has 28 heavy (non-hydrogen) atoms. The Hall–Kier alpha value is -2.31. The normalized spacial score (nSPS) is 29.1. The van der Waals surface area contributed by atoms with Gasteiger partial charge < -0.3 is 19.1 Å². The molecular formula is C22H28N2O4. The van der Waals surface area contributed by atoms with Crippen molar-refractivity contribution >= 4 is 0 Å². The van der Waals surface area contributed by atoms with Crippen LogP contribution in [-0.2, 0) is 17.8 Å². The first-order valence-corrected chi connectivity index (χ1v) is 9.70. The van der Waals surface area contributed by atoms with Gasteiger partial charge in [-0.1, -0.05) is 37.3 Å².